The highest BCUT2D eigenvalue weighted by Crippen LogP contribution is 2.22. The molecule has 8 heteroatoms. The van der Waals surface area contributed by atoms with Gasteiger partial charge in [0.2, 0.25) is 0 Å². The normalized spacial score (nSPS) is 25.4. The van der Waals surface area contributed by atoms with Crippen LogP contribution in [0.25, 0.3) is 0 Å². The smallest absolute Gasteiger partial charge is 0.410 e. The molecule has 0 spiro atoms. The van der Waals surface area contributed by atoms with Crippen molar-refractivity contribution in [1.82, 2.24) is 19.6 Å². The van der Waals surface area contributed by atoms with Crippen LogP contribution in [0.4, 0.5) is 4.79 Å². The van der Waals surface area contributed by atoms with Gasteiger partial charge in [-0.3, -0.25) is 9.69 Å². The second-order valence-corrected chi connectivity index (χ2v) is 8.61. The first-order chi connectivity index (χ1) is 14.1. The van der Waals surface area contributed by atoms with Crippen molar-refractivity contribution in [2.75, 3.05) is 79.1 Å². The number of piperidine rings is 1. The summed E-state index contributed by atoms with van der Waals surface area (Å²) in [6.07, 6.45) is 3.56. The second-order valence-electron chi connectivity index (χ2n) is 8.61. The molecule has 0 aromatic carbocycles. The highest BCUT2D eigenvalue weighted by atomic mass is 16.6. The van der Waals surface area contributed by atoms with Gasteiger partial charge in [-0.2, -0.15) is 0 Å². The van der Waals surface area contributed by atoms with Crippen molar-refractivity contribution in [1.29, 1.82) is 0 Å². The number of cyclic esters (lactones) is 1. The van der Waals surface area contributed by atoms with Gasteiger partial charge in [0, 0.05) is 45.7 Å². The van der Waals surface area contributed by atoms with Crippen molar-refractivity contribution in [3.05, 3.63) is 0 Å². The zero-order valence-electron chi connectivity index (χ0n) is 18.2. The largest absolute Gasteiger partial charge is 0.469 e. The van der Waals surface area contributed by atoms with Gasteiger partial charge in [0.15, 0.2) is 0 Å². The number of rotatable bonds is 9. The van der Waals surface area contributed by atoms with Crippen molar-refractivity contribution in [2.24, 2.45) is 5.92 Å². The lowest BCUT2D eigenvalue weighted by atomic mass is 9.96. The first-order valence-corrected chi connectivity index (χ1v) is 11.3. The van der Waals surface area contributed by atoms with E-state index in [0.717, 1.165) is 78.4 Å². The predicted molar refractivity (Wildman–Crippen MR) is 111 cm³/mol. The van der Waals surface area contributed by atoms with E-state index in [1.54, 1.807) is 0 Å². The van der Waals surface area contributed by atoms with Gasteiger partial charge in [0.05, 0.1) is 13.7 Å². The molecular weight excluding hydrogens is 372 g/mol. The fraction of sp³-hybridized carbons (Fsp3) is 0.905. The summed E-state index contributed by atoms with van der Waals surface area (Å²) in [5.41, 5.74) is 0. The summed E-state index contributed by atoms with van der Waals surface area (Å²) >= 11 is 0. The molecule has 3 aliphatic rings. The molecule has 0 N–H and O–H groups in total. The number of piperazine rings is 1. The molecule has 1 amide bonds. The average molecular weight is 411 g/mol. The van der Waals surface area contributed by atoms with Crippen LogP contribution in [0.2, 0.25) is 0 Å². The molecule has 166 valence electrons. The van der Waals surface area contributed by atoms with E-state index in [4.69, 9.17) is 9.47 Å². The molecule has 8 nitrogen and oxygen atoms in total. The fourth-order valence-corrected chi connectivity index (χ4v) is 4.65. The minimum absolute atomic E-state index is 0.0101. The SMILES string of the molecule is CCN1CCC(CN2CC(CN3CCN(CCCC(=O)OC)CC3)OC2=O)CC1. The molecule has 0 bridgehead atoms. The van der Waals surface area contributed by atoms with Crippen LogP contribution in [-0.4, -0.2) is 117 Å². The Labute approximate surface area is 175 Å². The van der Waals surface area contributed by atoms with E-state index in [2.05, 4.69) is 21.6 Å². The van der Waals surface area contributed by atoms with Crippen molar-refractivity contribution in [3.63, 3.8) is 0 Å². The van der Waals surface area contributed by atoms with E-state index in [1.807, 2.05) is 4.90 Å². The van der Waals surface area contributed by atoms with Crippen molar-refractivity contribution < 1.29 is 19.1 Å². The van der Waals surface area contributed by atoms with E-state index in [-0.39, 0.29) is 18.2 Å². The molecule has 3 aliphatic heterocycles. The highest BCUT2D eigenvalue weighted by Gasteiger charge is 2.34. The van der Waals surface area contributed by atoms with Crippen LogP contribution < -0.4 is 0 Å². The van der Waals surface area contributed by atoms with Crippen LogP contribution in [0, 0.1) is 5.92 Å². The summed E-state index contributed by atoms with van der Waals surface area (Å²) in [7, 11) is 1.44. The number of ether oxygens (including phenoxy) is 2. The monoisotopic (exact) mass is 410 g/mol. The first kappa shape index (κ1) is 22.3. The molecule has 3 rings (SSSR count). The van der Waals surface area contributed by atoms with E-state index in [0.29, 0.717) is 12.3 Å². The number of esters is 1. The number of likely N-dealkylation sites (tertiary alicyclic amines) is 1. The zero-order valence-corrected chi connectivity index (χ0v) is 18.2. The van der Waals surface area contributed by atoms with Gasteiger partial charge < -0.3 is 24.2 Å². The Kier molecular flexibility index (Phi) is 8.56. The average Bonchev–Trinajstić information content (AvgIpc) is 3.08. The Morgan fingerprint density at radius 1 is 1.03 bits per heavy atom. The summed E-state index contributed by atoms with van der Waals surface area (Å²) in [5, 5.41) is 0. The molecule has 0 aliphatic carbocycles. The quantitative estimate of drug-likeness (QED) is 0.528. The topological polar surface area (TPSA) is 65.6 Å². The Morgan fingerprint density at radius 3 is 2.38 bits per heavy atom. The van der Waals surface area contributed by atoms with Crippen LogP contribution in [0.15, 0.2) is 0 Å². The van der Waals surface area contributed by atoms with E-state index >= 15 is 0 Å². The number of nitrogens with zero attached hydrogens (tertiary/aromatic N) is 4. The third-order valence-electron chi connectivity index (χ3n) is 6.59. The summed E-state index contributed by atoms with van der Waals surface area (Å²) in [6, 6.07) is 0. The minimum atomic E-state index is -0.132. The summed E-state index contributed by atoms with van der Waals surface area (Å²) in [4.78, 5) is 32.7. The predicted octanol–water partition coefficient (Wildman–Crippen LogP) is 1.11. The molecule has 29 heavy (non-hydrogen) atoms. The number of amides is 1. The van der Waals surface area contributed by atoms with Gasteiger partial charge in [0.25, 0.3) is 0 Å². The maximum absolute atomic E-state index is 12.3. The molecule has 0 aromatic heterocycles. The number of carbonyl (C=O) groups is 2. The van der Waals surface area contributed by atoms with Crippen molar-refractivity contribution in [2.45, 2.75) is 38.7 Å². The third-order valence-corrected chi connectivity index (χ3v) is 6.59. The molecule has 1 atom stereocenters. The van der Waals surface area contributed by atoms with Gasteiger partial charge in [-0.05, 0) is 51.4 Å². The van der Waals surface area contributed by atoms with Gasteiger partial charge in [-0.15, -0.1) is 0 Å². The molecule has 0 saturated carbocycles. The Balaban J connectivity index is 1.32. The van der Waals surface area contributed by atoms with Gasteiger partial charge in [0.1, 0.15) is 6.10 Å². The number of methoxy groups -OCH3 is 1. The zero-order chi connectivity index (χ0) is 20.6. The Morgan fingerprint density at radius 2 is 1.72 bits per heavy atom. The molecule has 3 heterocycles. The van der Waals surface area contributed by atoms with Crippen molar-refractivity contribution >= 4 is 12.1 Å². The standard InChI is InChI=1S/C21H38N4O4/c1-3-22-9-6-18(7-10-22)15-25-17-19(29-21(25)27)16-24-13-11-23(12-14-24)8-4-5-20(26)28-2/h18-19H,3-17H2,1-2H3. The molecule has 0 aromatic rings. The molecule has 1 unspecified atom stereocenters. The lowest BCUT2D eigenvalue weighted by Crippen LogP contribution is -2.49. The summed E-state index contributed by atoms with van der Waals surface area (Å²) in [5.74, 6) is 0.477. The van der Waals surface area contributed by atoms with Crippen LogP contribution in [0.3, 0.4) is 0 Å². The summed E-state index contributed by atoms with van der Waals surface area (Å²) in [6.45, 7) is 13.0. The van der Waals surface area contributed by atoms with Gasteiger partial charge in [-0.25, -0.2) is 4.79 Å². The molecule has 0 radical (unpaired) electrons. The van der Waals surface area contributed by atoms with Crippen LogP contribution >= 0.6 is 0 Å². The first-order valence-electron chi connectivity index (χ1n) is 11.3. The number of hydrogen-bond acceptors (Lipinski definition) is 7. The van der Waals surface area contributed by atoms with Crippen LogP contribution in [0.5, 0.6) is 0 Å². The van der Waals surface area contributed by atoms with E-state index < -0.39 is 0 Å². The number of hydrogen-bond donors (Lipinski definition) is 0. The van der Waals surface area contributed by atoms with E-state index in [1.165, 1.54) is 20.0 Å². The van der Waals surface area contributed by atoms with Gasteiger partial charge >= 0.3 is 12.1 Å². The van der Waals surface area contributed by atoms with E-state index in [9.17, 15) is 9.59 Å². The lowest BCUT2D eigenvalue weighted by molar-refractivity contribution is -0.140. The fourth-order valence-electron chi connectivity index (χ4n) is 4.65. The van der Waals surface area contributed by atoms with Gasteiger partial charge in [-0.1, -0.05) is 6.92 Å². The Hall–Kier alpha value is -1.38. The lowest BCUT2D eigenvalue weighted by Gasteiger charge is -2.35. The maximum atomic E-state index is 12.3. The molecular formula is C21H38N4O4. The summed E-state index contributed by atoms with van der Waals surface area (Å²) < 4.78 is 10.4. The minimum Gasteiger partial charge on any atom is -0.469 e. The highest BCUT2D eigenvalue weighted by molar-refractivity contribution is 5.70. The second kappa shape index (κ2) is 11.1. The Bertz CT molecular complexity index is 531. The number of carbonyl (C=O) groups excluding carboxylic acids is 2. The molecule has 3 fully saturated rings. The molecule has 3 saturated heterocycles. The van der Waals surface area contributed by atoms with Crippen LogP contribution in [0.1, 0.15) is 32.6 Å². The van der Waals surface area contributed by atoms with Crippen molar-refractivity contribution in [3.8, 4) is 0 Å². The third kappa shape index (κ3) is 6.83. The maximum Gasteiger partial charge on any atom is 0.410 e. The van der Waals surface area contributed by atoms with Crippen LogP contribution in [-0.2, 0) is 14.3 Å².